The fraction of sp³-hybridized carbons (Fsp3) is 0.923. The van der Waals surface area contributed by atoms with Crippen molar-refractivity contribution in [1.29, 1.82) is 0 Å². The molecular weight excluding hydrogens is 302 g/mol. The molecule has 0 aromatic carbocycles. The van der Waals surface area contributed by atoms with Gasteiger partial charge in [-0.15, -0.1) is 0 Å². The van der Waals surface area contributed by atoms with Crippen molar-refractivity contribution in [2.75, 3.05) is 0 Å². The molecule has 4 nitrogen and oxygen atoms in total. The molecule has 1 N–H and O–H groups in total. The van der Waals surface area contributed by atoms with Gasteiger partial charge in [0.1, 0.15) is 14.3 Å². The number of hydrogen-bond acceptors (Lipinski definition) is 4. The standard InChI is InChI=1S/C13H33NO3Si3/c1-11(16-19(5,6)7)12(14-18(2,3)4)13(15)17-20(8,9)10/h11-12,14H,1-10H3/t11-,12+/m1/s1. The van der Waals surface area contributed by atoms with Gasteiger partial charge in [-0.05, 0) is 46.2 Å². The second-order valence-corrected chi connectivity index (χ2v) is 22.0. The van der Waals surface area contributed by atoms with E-state index < -0.39 is 24.9 Å². The largest absolute Gasteiger partial charge is 0.519 e. The van der Waals surface area contributed by atoms with Crippen LogP contribution < -0.4 is 4.98 Å². The summed E-state index contributed by atoms with van der Waals surface area (Å²) in [4.78, 5) is 16.0. The van der Waals surface area contributed by atoms with Crippen LogP contribution in [0.15, 0.2) is 0 Å². The third kappa shape index (κ3) is 9.87. The third-order valence-corrected chi connectivity index (χ3v) is 5.33. The summed E-state index contributed by atoms with van der Waals surface area (Å²) in [6, 6.07) is -0.361. The van der Waals surface area contributed by atoms with Gasteiger partial charge in [-0.3, -0.25) is 4.79 Å². The van der Waals surface area contributed by atoms with Crippen LogP contribution >= 0.6 is 0 Å². The maximum atomic E-state index is 12.5. The van der Waals surface area contributed by atoms with Gasteiger partial charge in [-0.25, -0.2) is 0 Å². The van der Waals surface area contributed by atoms with Crippen molar-refractivity contribution in [1.82, 2.24) is 4.98 Å². The first-order chi connectivity index (χ1) is 8.61. The Morgan fingerprint density at radius 2 is 1.35 bits per heavy atom. The highest BCUT2D eigenvalue weighted by Crippen LogP contribution is 2.15. The first-order valence-corrected chi connectivity index (χ1v) is 17.6. The van der Waals surface area contributed by atoms with Gasteiger partial charge < -0.3 is 13.8 Å². The fourth-order valence-corrected chi connectivity index (χ4v) is 5.09. The highest BCUT2D eigenvalue weighted by Gasteiger charge is 2.35. The lowest BCUT2D eigenvalue weighted by molar-refractivity contribution is -0.139. The summed E-state index contributed by atoms with van der Waals surface area (Å²) in [7, 11) is -5.16. The van der Waals surface area contributed by atoms with E-state index in [0.717, 1.165) is 0 Å². The zero-order valence-electron chi connectivity index (χ0n) is 14.9. The van der Waals surface area contributed by atoms with E-state index >= 15 is 0 Å². The van der Waals surface area contributed by atoms with Crippen LogP contribution in [-0.2, 0) is 13.6 Å². The van der Waals surface area contributed by atoms with Gasteiger partial charge in [0.25, 0.3) is 0 Å². The molecule has 0 radical (unpaired) electrons. The molecule has 0 saturated carbocycles. The van der Waals surface area contributed by atoms with Crippen molar-refractivity contribution in [3.8, 4) is 0 Å². The second-order valence-electron chi connectivity index (χ2n) is 8.34. The van der Waals surface area contributed by atoms with E-state index in [1.807, 2.05) is 26.6 Å². The highest BCUT2D eigenvalue weighted by atomic mass is 28.4. The van der Waals surface area contributed by atoms with Crippen molar-refractivity contribution in [2.24, 2.45) is 0 Å². The van der Waals surface area contributed by atoms with E-state index in [0.29, 0.717) is 0 Å². The van der Waals surface area contributed by atoms with Gasteiger partial charge in [-0.2, -0.15) is 0 Å². The molecule has 20 heavy (non-hydrogen) atoms. The molecule has 0 aromatic heterocycles. The third-order valence-electron chi connectivity index (χ3n) is 2.26. The topological polar surface area (TPSA) is 47.6 Å². The number of hydrogen-bond donors (Lipinski definition) is 1. The van der Waals surface area contributed by atoms with Gasteiger partial charge >= 0.3 is 5.97 Å². The monoisotopic (exact) mass is 335 g/mol. The Balaban J connectivity index is 5.03. The SMILES string of the molecule is C[C@@H](O[Si](C)(C)C)[C@H](N[Si](C)(C)C)C(=O)O[Si](C)(C)C. The van der Waals surface area contributed by atoms with Crippen LogP contribution in [0.5, 0.6) is 0 Å². The van der Waals surface area contributed by atoms with Gasteiger partial charge in [0.05, 0.1) is 6.10 Å². The minimum atomic E-state index is -1.88. The molecule has 0 fully saturated rings. The molecule has 0 aliphatic heterocycles. The Bertz CT molecular complexity index is 329. The average molecular weight is 336 g/mol. The molecule has 2 atom stereocenters. The van der Waals surface area contributed by atoms with E-state index in [1.165, 1.54) is 0 Å². The van der Waals surface area contributed by atoms with E-state index in [4.69, 9.17) is 8.85 Å². The summed E-state index contributed by atoms with van der Waals surface area (Å²) >= 11 is 0. The molecule has 0 spiro atoms. The van der Waals surface area contributed by atoms with E-state index in [2.05, 4.69) is 44.3 Å². The maximum absolute atomic E-state index is 12.5. The van der Waals surface area contributed by atoms with Crippen molar-refractivity contribution in [2.45, 2.75) is 78.0 Å². The van der Waals surface area contributed by atoms with Crippen LogP contribution in [0, 0.1) is 0 Å². The molecule has 0 rings (SSSR count). The Kier molecular flexibility index (Phi) is 6.88. The summed E-state index contributed by atoms with van der Waals surface area (Å²) in [6.45, 7) is 21.0. The Labute approximate surface area is 128 Å². The molecule has 0 heterocycles. The maximum Gasteiger partial charge on any atom is 0.311 e. The van der Waals surface area contributed by atoms with E-state index in [-0.39, 0.29) is 18.1 Å². The molecule has 120 valence electrons. The summed E-state index contributed by atoms with van der Waals surface area (Å²) in [6.07, 6.45) is -0.155. The fourth-order valence-electron chi connectivity index (χ4n) is 1.83. The molecule has 0 bridgehead atoms. The second kappa shape index (κ2) is 6.87. The first-order valence-electron chi connectivity index (χ1n) is 7.29. The minimum absolute atomic E-state index is 0.155. The summed E-state index contributed by atoms with van der Waals surface area (Å²) < 4.78 is 11.8. The lowest BCUT2D eigenvalue weighted by atomic mass is 10.2. The van der Waals surface area contributed by atoms with Gasteiger partial charge in [0.15, 0.2) is 8.32 Å². The first kappa shape index (κ1) is 20.0. The molecule has 7 heteroatoms. The lowest BCUT2D eigenvalue weighted by Gasteiger charge is -2.34. The Morgan fingerprint density at radius 3 is 1.65 bits per heavy atom. The average Bonchev–Trinajstić information content (AvgIpc) is 2.06. The molecule has 0 amide bonds. The smallest absolute Gasteiger partial charge is 0.311 e. The van der Waals surface area contributed by atoms with Crippen LogP contribution in [0.4, 0.5) is 0 Å². The number of nitrogens with one attached hydrogen (secondary N) is 1. The molecule has 0 saturated heterocycles. The van der Waals surface area contributed by atoms with Crippen molar-refractivity contribution in [3.63, 3.8) is 0 Å². The highest BCUT2D eigenvalue weighted by molar-refractivity contribution is 6.74. The molecule has 0 aromatic rings. The van der Waals surface area contributed by atoms with Gasteiger partial charge in [-0.1, -0.05) is 19.6 Å². The minimum Gasteiger partial charge on any atom is -0.519 e. The molecular formula is C13H33NO3Si3. The van der Waals surface area contributed by atoms with Gasteiger partial charge in [0, 0.05) is 0 Å². The normalized spacial score (nSPS) is 16.7. The number of carbonyl (C=O) groups excluding carboxylic acids is 1. The molecule has 0 aliphatic rings. The molecule has 0 aliphatic carbocycles. The van der Waals surface area contributed by atoms with Crippen LogP contribution in [-0.4, -0.2) is 43.0 Å². The summed E-state index contributed by atoms with van der Waals surface area (Å²) in [5.41, 5.74) is 0. The predicted octanol–water partition coefficient (Wildman–Crippen LogP) is 3.40. The van der Waals surface area contributed by atoms with Crippen LogP contribution in [0.3, 0.4) is 0 Å². The number of carbonyl (C=O) groups is 1. The van der Waals surface area contributed by atoms with Crippen LogP contribution in [0.25, 0.3) is 0 Å². The van der Waals surface area contributed by atoms with Crippen LogP contribution in [0.1, 0.15) is 6.92 Å². The number of rotatable bonds is 7. The summed E-state index contributed by atoms with van der Waals surface area (Å²) in [5.74, 6) is -0.155. The van der Waals surface area contributed by atoms with Crippen molar-refractivity contribution < 1.29 is 13.6 Å². The van der Waals surface area contributed by atoms with Crippen molar-refractivity contribution >= 4 is 30.8 Å². The van der Waals surface area contributed by atoms with E-state index in [9.17, 15) is 4.79 Å². The van der Waals surface area contributed by atoms with Gasteiger partial charge in [0.2, 0.25) is 8.32 Å². The Morgan fingerprint density at radius 1 is 0.900 bits per heavy atom. The zero-order valence-corrected chi connectivity index (χ0v) is 17.9. The molecule has 0 unspecified atom stereocenters. The quantitative estimate of drug-likeness (QED) is 0.724. The predicted molar refractivity (Wildman–Crippen MR) is 93.6 cm³/mol. The van der Waals surface area contributed by atoms with Crippen LogP contribution in [0.2, 0.25) is 58.9 Å². The van der Waals surface area contributed by atoms with Crippen molar-refractivity contribution in [3.05, 3.63) is 0 Å². The lowest BCUT2D eigenvalue weighted by Crippen LogP contribution is -2.59. The zero-order chi connectivity index (χ0) is 16.4. The Hall–Kier alpha value is 0.0406. The summed E-state index contributed by atoms with van der Waals surface area (Å²) in [5, 5.41) is 0. The van der Waals surface area contributed by atoms with E-state index in [1.54, 1.807) is 0 Å².